The van der Waals surface area contributed by atoms with Crippen LogP contribution in [0, 0.1) is 0 Å². The Bertz CT molecular complexity index is 774. The maximum Gasteiger partial charge on any atom is 0.337 e. The average Bonchev–Trinajstić information content (AvgIpc) is 2.98. The molecule has 0 spiro atoms. The quantitative estimate of drug-likeness (QED) is 0.555. The Balaban J connectivity index is 1.84. The fraction of sp³-hybridized carbons (Fsp3) is 0.214. The minimum Gasteiger partial charge on any atom is -0.478 e. The summed E-state index contributed by atoms with van der Waals surface area (Å²) in [6.07, 6.45) is 3.53. The van der Waals surface area contributed by atoms with Crippen LogP contribution >= 0.6 is 11.6 Å². The largest absolute Gasteiger partial charge is 0.478 e. The van der Waals surface area contributed by atoms with Gasteiger partial charge in [-0.2, -0.15) is 8.42 Å². The molecular weight excluding hydrogens is 344 g/mol. The first kappa shape index (κ1) is 17.3. The lowest BCUT2D eigenvalue weighted by Gasteiger charge is -2.09. The van der Waals surface area contributed by atoms with Crippen molar-refractivity contribution in [3.05, 3.63) is 53.3 Å². The van der Waals surface area contributed by atoms with Gasteiger partial charge in [-0.25, -0.2) is 8.98 Å². The van der Waals surface area contributed by atoms with E-state index in [9.17, 15) is 13.2 Å². The van der Waals surface area contributed by atoms with Gasteiger partial charge in [0.15, 0.2) is 0 Å². The number of nitrogens with one attached hydrogen (secondary N) is 1. The zero-order valence-corrected chi connectivity index (χ0v) is 13.5. The van der Waals surface area contributed by atoms with Crippen LogP contribution in [-0.4, -0.2) is 36.5 Å². The zero-order valence-electron chi connectivity index (χ0n) is 12.0. The van der Waals surface area contributed by atoms with E-state index < -0.39 is 16.1 Å². The van der Waals surface area contributed by atoms with Crippen molar-refractivity contribution in [2.24, 2.45) is 0 Å². The van der Waals surface area contributed by atoms with Crippen molar-refractivity contribution in [3.8, 4) is 0 Å². The number of hydrogen-bond donors (Lipinski definition) is 2. The summed E-state index contributed by atoms with van der Waals surface area (Å²) in [6, 6.07) is 7.80. The Kier molecular flexibility index (Phi) is 5.64. The predicted octanol–water partition coefficient (Wildman–Crippen LogP) is 2.26. The highest BCUT2D eigenvalue weighted by molar-refractivity contribution is 7.86. The summed E-state index contributed by atoms with van der Waals surface area (Å²) >= 11 is 5.82. The number of aromatic carboxylic acids is 1. The van der Waals surface area contributed by atoms with Crippen LogP contribution in [0.2, 0.25) is 5.02 Å². The van der Waals surface area contributed by atoms with E-state index in [-0.39, 0.29) is 23.1 Å². The summed E-state index contributed by atoms with van der Waals surface area (Å²) in [7, 11) is -3.67. The molecule has 0 atom stereocenters. The number of aryl methyl sites for hydroxylation is 1. The van der Waals surface area contributed by atoms with E-state index in [0.717, 1.165) is 0 Å². The minimum atomic E-state index is -3.67. The summed E-state index contributed by atoms with van der Waals surface area (Å²) in [5.41, 5.74) is 0.429. The standard InChI is InChI=1S/C14H15ClN2O5S/c15-13-9-11(3-4-12(13)14(18)19)16-10-22-23(20,21)8-7-17-5-1-2-6-17/h1-6,9,16H,7-8,10H2,(H,18,19). The van der Waals surface area contributed by atoms with Crippen LogP contribution in [0.4, 0.5) is 5.69 Å². The Hall–Kier alpha value is -2.03. The molecule has 0 bridgehead atoms. The van der Waals surface area contributed by atoms with Crippen molar-refractivity contribution in [1.82, 2.24) is 4.57 Å². The molecule has 23 heavy (non-hydrogen) atoms. The van der Waals surface area contributed by atoms with Gasteiger partial charge in [-0.3, -0.25) is 0 Å². The summed E-state index contributed by atoms with van der Waals surface area (Å²) in [5, 5.41) is 11.6. The second kappa shape index (κ2) is 7.49. The average molecular weight is 359 g/mol. The molecule has 0 saturated carbocycles. The number of nitrogens with zero attached hydrogens (tertiary/aromatic N) is 1. The molecule has 9 heteroatoms. The molecule has 0 aliphatic heterocycles. The molecule has 2 rings (SSSR count). The van der Waals surface area contributed by atoms with E-state index in [1.165, 1.54) is 18.2 Å². The van der Waals surface area contributed by atoms with Crippen LogP contribution in [0.15, 0.2) is 42.7 Å². The number of benzene rings is 1. The van der Waals surface area contributed by atoms with E-state index >= 15 is 0 Å². The topological polar surface area (TPSA) is 97.6 Å². The SMILES string of the molecule is O=C(O)c1ccc(NCOS(=O)(=O)CCn2cccc2)cc1Cl. The molecule has 0 radical (unpaired) electrons. The fourth-order valence-electron chi connectivity index (χ4n) is 1.80. The monoisotopic (exact) mass is 358 g/mol. The molecule has 1 aromatic carbocycles. The van der Waals surface area contributed by atoms with Crippen molar-refractivity contribution < 1.29 is 22.5 Å². The number of carbonyl (C=O) groups is 1. The molecule has 124 valence electrons. The van der Waals surface area contributed by atoms with E-state index in [4.69, 9.17) is 20.9 Å². The summed E-state index contributed by atoms with van der Waals surface area (Å²) in [6.45, 7) is 0.0330. The second-order valence-corrected chi connectivity index (χ2v) is 6.79. The number of hydrogen-bond acceptors (Lipinski definition) is 5. The Morgan fingerprint density at radius 3 is 2.61 bits per heavy atom. The number of halogens is 1. The van der Waals surface area contributed by atoms with Gasteiger partial charge >= 0.3 is 5.97 Å². The molecular formula is C14H15ClN2O5S. The van der Waals surface area contributed by atoms with Crippen molar-refractivity contribution in [3.63, 3.8) is 0 Å². The predicted molar refractivity (Wildman–Crippen MR) is 86.2 cm³/mol. The van der Waals surface area contributed by atoms with E-state index in [1.807, 2.05) is 0 Å². The third-order valence-electron chi connectivity index (χ3n) is 2.98. The molecule has 1 aromatic heterocycles. The Morgan fingerprint density at radius 2 is 2.00 bits per heavy atom. The minimum absolute atomic E-state index is 0.0301. The van der Waals surface area contributed by atoms with Crippen molar-refractivity contribution >= 4 is 33.4 Å². The van der Waals surface area contributed by atoms with E-state index in [2.05, 4.69) is 5.32 Å². The lowest BCUT2D eigenvalue weighted by atomic mass is 10.2. The lowest BCUT2D eigenvalue weighted by Crippen LogP contribution is -2.18. The van der Waals surface area contributed by atoms with Gasteiger partial charge in [0.2, 0.25) is 0 Å². The second-order valence-electron chi connectivity index (χ2n) is 4.62. The molecule has 2 aromatic rings. The van der Waals surface area contributed by atoms with Gasteiger partial charge in [0.05, 0.1) is 16.3 Å². The van der Waals surface area contributed by atoms with Crippen LogP contribution in [0.1, 0.15) is 10.4 Å². The van der Waals surface area contributed by atoms with Gasteiger partial charge in [0, 0.05) is 24.6 Å². The van der Waals surface area contributed by atoms with Crippen molar-refractivity contribution in [2.45, 2.75) is 6.54 Å². The molecule has 0 unspecified atom stereocenters. The summed E-state index contributed by atoms with van der Waals surface area (Å²) in [5.74, 6) is -1.28. The summed E-state index contributed by atoms with van der Waals surface area (Å²) in [4.78, 5) is 10.8. The van der Waals surface area contributed by atoms with Crippen LogP contribution in [0.5, 0.6) is 0 Å². The van der Waals surface area contributed by atoms with Crippen molar-refractivity contribution in [2.75, 3.05) is 17.8 Å². The van der Waals surface area contributed by atoms with E-state index in [1.54, 1.807) is 29.1 Å². The normalized spacial score (nSPS) is 11.3. The van der Waals surface area contributed by atoms with E-state index in [0.29, 0.717) is 12.2 Å². The molecule has 0 aliphatic rings. The first-order chi connectivity index (χ1) is 10.9. The fourth-order valence-corrected chi connectivity index (χ4v) is 2.85. The zero-order chi connectivity index (χ0) is 16.9. The number of aromatic nitrogens is 1. The molecule has 0 aliphatic carbocycles. The van der Waals surface area contributed by atoms with Gasteiger partial charge < -0.3 is 15.0 Å². The highest BCUT2D eigenvalue weighted by atomic mass is 35.5. The summed E-state index contributed by atoms with van der Waals surface area (Å²) < 4.78 is 30.1. The number of anilines is 1. The van der Waals surface area contributed by atoms with Crippen LogP contribution in [-0.2, 0) is 20.8 Å². The molecule has 0 fully saturated rings. The van der Waals surface area contributed by atoms with Crippen molar-refractivity contribution in [1.29, 1.82) is 0 Å². The third-order valence-corrected chi connectivity index (χ3v) is 4.45. The number of carboxylic acid groups (broad SMARTS) is 1. The highest BCUT2D eigenvalue weighted by Gasteiger charge is 2.12. The molecule has 1 heterocycles. The van der Waals surface area contributed by atoms with Crippen LogP contribution < -0.4 is 5.32 Å². The molecule has 7 nitrogen and oxygen atoms in total. The lowest BCUT2D eigenvalue weighted by molar-refractivity contribution is 0.0697. The Morgan fingerprint density at radius 1 is 1.30 bits per heavy atom. The molecule has 0 saturated heterocycles. The van der Waals surface area contributed by atoms with Gasteiger partial charge in [0.1, 0.15) is 6.73 Å². The first-order valence-electron chi connectivity index (χ1n) is 6.62. The van der Waals surface area contributed by atoms with Crippen LogP contribution in [0.25, 0.3) is 0 Å². The molecule has 2 N–H and O–H groups in total. The third kappa shape index (κ3) is 5.27. The molecule has 0 amide bonds. The van der Waals surface area contributed by atoms with Gasteiger partial charge in [0.25, 0.3) is 10.1 Å². The van der Waals surface area contributed by atoms with Gasteiger partial charge in [-0.1, -0.05) is 11.6 Å². The maximum atomic E-state index is 11.7. The number of rotatable bonds is 8. The first-order valence-corrected chi connectivity index (χ1v) is 8.57. The van der Waals surface area contributed by atoms with Gasteiger partial charge in [-0.15, -0.1) is 0 Å². The smallest absolute Gasteiger partial charge is 0.337 e. The van der Waals surface area contributed by atoms with Crippen LogP contribution in [0.3, 0.4) is 0 Å². The Labute approximate surface area is 138 Å². The maximum absolute atomic E-state index is 11.7. The van der Waals surface area contributed by atoms with Gasteiger partial charge in [-0.05, 0) is 30.3 Å². The number of carboxylic acids is 1. The highest BCUT2D eigenvalue weighted by Crippen LogP contribution is 2.20.